The van der Waals surface area contributed by atoms with Crippen LogP contribution in [0.1, 0.15) is 53.4 Å². The van der Waals surface area contributed by atoms with Gasteiger partial charge >= 0.3 is 0 Å². The van der Waals surface area contributed by atoms with Gasteiger partial charge in [0, 0.05) is 20.1 Å². The van der Waals surface area contributed by atoms with Gasteiger partial charge in [0.05, 0.1) is 5.54 Å². The zero-order valence-electron chi connectivity index (χ0n) is 12.2. The predicted octanol–water partition coefficient (Wildman–Crippen LogP) is 2.88. The fourth-order valence-electron chi connectivity index (χ4n) is 2.71. The highest BCUT2D eigenvalue weighted by atomic mass is 16.5. The van der Waals surface area contributed by atoms with Crippen molar-refractivity contribution in [2.75, 3.05) is 26.8 Å². The van der Waals surface area contributed by atoms with Gasteiger partial charge in [-0.25, -0.2) is 0 Å². The number of ketones is 1. The Labute approximate surface area is 107 Å². The molecular formula is C14H29NO2. The smallest absolute Gasteiger partial charge is 0.153 e. The molecule has 0 spiro atoms. The summed E-state index contributed by atoms with van der Waals surface area (Å²) in [6.07, 6.45) is 3.26. The lowest BCUT2D eigenvalue weighted by Gasteiger charge is -2.41. The number of carbonyl (C=O) groups is 1. The molecule has 0 heterocycles. The third-order valence-electron chi connectivity index (χ3n) is 3.81. The van der Waals surface area contributed by atoms with Gasteiger partial charge in [-0.1, -0.05) is 27.7 Å². The molecule has 0 unspecified atom stereocenters. The van der Waals surface area contributed by atoms with Crippen LogP contribution in [0.3, 0.4) is 0 Å². The number of rotatable bonds is 10. The summed E-state index contributed by atoms with van der Waals surface area (Å²) in [4.78, 5) is 14.8. The number of hydrogen-bond acceptors (Lipinski definition) is 3. The highest BCUT2D eigenvalue weighted by molar-refractivity contribution is 5.88. The zero-order chi connectivity index (χ0) is 13.3. The Balaban J connectivity index is 4.73. The van der Waals surface area contributed by atoms with E-state index >= 15 is 0 Å². The number of carbonyl (C=O) groups excluding carboxylic acids is 1. The van der Waals surface area contributed by atoms with E-state index in [9.17, 15) is 4.79 Å². The van der Waals surface area contributed by atoms with Gasteiger partial charge in [-0.2, -0.15) is 0 Å². The molecule has 102 valence electrons. The first-order valence-corrected chi connectivity index (χ1v) is 6.90. The molecule has 0 N–H and O–H groups in total. The van der Waals surface area contributed by atoms with Gasteiger partial charge in [0.1, 0.15) is 0 Å². The average molecular weight is 243 g/mol. The molecule has 3 nitrogen and oxygen atoms in total. The molecule has 0 aromatic carbocycles. The van der Waals surface area contributed by atoms with Crippen molar-refractivity contribution in [3.05, 3.63) is 0 Å². The third kappa shape index (κ3) is 4.07. The molecule has 0 bridgehead atoms. The summed E-state index contributed by atoms with van der Waals surface area (Å²) < 4.78 is 5.02. The van der Waals surface area contributed by atoms with Crippen LogP contribution in [0.25, 0.3) is 0 Å². The van der Waals surface area contributed by atoms with Crippen molar-refractivity contribution in [3.63, 3.8) is 0 Å². The van der Waals surface area contributed by atoms with Crippen molar-refractivity contribution in [3.8, 4) is 0 Å². The van der Waals surface area contributed by atoms with E-state index in [1.54, 1.807) is 7.11 Å². The van der Waals surface area contributed by atoms with Crippen LogP contribution in [0.5, 0.6) is 0 Å². The molecule has 0 atom stereocenters. The summed E-state index contributed by atoms with van der Waals surface area (Å²) in [6, 6.07) is 0. The Hall–Kier alpha value is -0.410. The molecule has 0 aliphatic rings. The van der Waals surface area contributed by atoms with Crippen LogP contribution in [0, 0.1) is 0 Å². The highest BCUT2D eigenvalue weighted by Crippen LogP contribution is 2.26. The van der Waals surface area contributed by atoms with Crippen LogP contribution >= 0.6 is 0 Å². The lowest BCUT2D eigenvalue weighted by molar-refractivity contribution is -0.132. The first-order valence-electron chi connectivity index (χ1n) is 6.90. The van der Waals surface area contributed by atoms with E-state index < -0.39 is 0 Å². The van der Waals surface area contributed by atoms with Crippen molar-refractivity contribution >= 4 is 5.78 Å². The highest BCUT2D eigenvalue weighted by Gasteiger charge is 2.38. The maximum atomic E-state index is 12.5. The van der Waals surface area contributed by atoms with E-state index in [1.807, 2.05) is 0 Å². The first-order chi connectivity index (χ1) is 8.12. The summed E-state index contributed by atoms with van der Waals surface area (Å²) in [5.41, 5.74) is -0.253. The van der Waals surface area contributed by atoms with Crippen LogP contribution in [0.2, 0.25) is 0 Å². The van der Waals surface area contributed by atoms with Crippen molar-refractivity contribution in [1.82, 2.24) is 4.90 Å². The van der Waals surface area contributed by atoms with E-state index in [4.69, 9.17) is 4.74 Å². The fraction of sp³-hybridized carbons (Fsp3) is 0.929. The van der Waals surface area contributed by atoms with Crippen LogP contribution in [-0.2, 0) is 9.53 Å². The quantitative estimate of drug-likeness (QED) is 0.553. The number of ether oxygens (including phenoxy) is 1. The van der Waals surface area contributed by atoms with E-state index in [0.717, 1.165) is 32.4 Å². The Morgan fingerprint density at radius 1 is 1.12 bits per heavy atom. The summed E-state index contributed by atoms with van der Waals surface area (Å²) in [5.74, 6) is 0.378. The minimum absolute atomic E-state index is 0.253. The Kier molecular flexibility index (Phi) is 8.44. The molecule has 0 aromatic rings. The minimum atomic E-state index is -0.253. The predicted molar refractivity (Wildman–Crippen MR) is 72.4 cm³/mol. The maximum Gasteiger partial charge on any atom is 0.153 e. The molecule has 3 heteroatoms. The number of Topliss-reactive ketones (excluding diaryl/α,β-unsaturated/α-hetero) is 1. The van der Waals surface area contributed by atoms with Gasteiger partial charge in [-0.15, -0.1) is 0 Å². The molecule has 0 saturated heterocycles. The Morgan fingerprint density at radius 2 is 1.65 bits per heavy atom. The molecule has 0 aliphatic heterocycles. The normalized spacial score (nSPS) is 12.1. The standard InChI is InChI=1S/C14H29NO2/c1-6-14(7-2,15(8-3)9-4)13(16)11-10-12-17-5/h6-12H2,1-5H3. The molecule has 17 heavy (non-hydrogen) atoms. The molecule has 0 amide bonds. The Bertz CT molecular complexity index is 208. The zero-order valence-corrected chi connectivity index (χ0v) is 12.2. The fourth-order valence-corrected chi connectivity index (χ4v) is 2.71. The summed E-state index contributed by atoms with van der Waals surface area (Å²) >= 11 is 0. The van der Waals surface area contributed by atoms with E-state index in [-0.39, 0.29) is 5.54 Å². The van der Waals surface area contributed by atoms with Gasteiger partial charge in [0.25, 0.3) is 0 Å². The van der Waals surface area contributed by atoms with Crippen molar-refractivity contribution in [1.29, 1.82) is 0 Å². The van der Waals surface area contributed by atoms with Crippen LogP contribution in [-0.4, -0.2) is 43.0 Å². The third-order valence-corrected chi connectivity index (χ3v) is 3.81. The second kappa shape index (κ2) is 8.65. The minimum Gasteiger partial charge on any atom is -0.385 e. The summed E-state index contributed by atoms with van der Waals surface area (Å²) in [6.45, 7) is 11.1. The summed E-state index contributed by atoms with van der Waals surface area (Å²) in [5, 5.41) is 0. The molecule has 0 aliphatic carbocycles. The number of hydrogen-bond donors (Lipinski definition) is 0. The molecule has 0 fully saturated rings. The van der Waals surface area contributed by atoms with Crippen LogP contribution < -0.4 is 0 Å². The van der Waals surface area contributed by atoms with E-state index in [1.165, 1.54) is 0 Å². The van der Waals surface area contributed by atoms with Crippen molar-refractivity contribution in [2.45, 2.75) is 58.9 Å². The van der Waals surface area contributed by atoms with Crippen LogP contribution in [0.15, 0.2) is 0 Å². The second-order valence-electron chi connectivity index (χ2n) is 4.43. The topological polar surface area (TPSA) is 29.5 Å². The molecule has 0 radical (unpaired) electrons. The summed E-state index contributed by atoms with van der Waals surface area (Å²) in [7, 11) is 1.68. The van der Waals surface area contributed by atoms with Crippen molar-refractivity contribution in [2.24, 2.45) is 0 Å². The molecule has 0 rings (SSSR count). The number of nitrogens with zero attached hydrogens (tertiary/aromatic N) is 1. The molecule has 0 saturated carbocycles. The first kappa shape index (κ1) is 16.6. The monoisotopic (exact) mass is 243 g/mol. The van der Waals surface area contributed by atoms with Gasteiger partial charge in [0.15, 0.2) is 5.78 Å². The number of methoxy groups -OCH3 is 1. The van der Waals surface area contributed by atoms with Crippen molar-refractivity contribution < 1.29 is 9.53 Å². The lowest BCUT2D eigenvalue weighted by Crippen LogP contribution is -2.53. The van der Waals surface area contributed by atoms with Gasteiger partial charge in [-0.3, -0.25) is 9.69 Å². The second-order valence-corrected chi connectivity index (χ2v) is 4.43. The van der Waals surface area contributed by atoms with Crippen LogP contribution in [0.4, 0.5) is 0 Å². The average Bonchev–Trinajstić information content (AvgIpc) is 2.36. The lowest BCUT2D eigenvalue weighted by atomic mass is 9.83. The molecular weight excluding hydrogens is 214 g/mol. The largest absolute Gasteiger partial charge is 0.385 e. The van der Waals surface area contributed by atoms with Gasteiger partial charge in [-0.05, 0) is 32.4 Å². The van der Waals surface area contributed by atoms with E-state index in [2.05, 4.69) is 32.6 Å². The van der Waals surface area contributed by atoms with Gasteiger partial charge < -0.3 is 4.74 Å². The Morgan fingerprint density at radius 3 is 2.00 bits per heavy atom. The van der Waals surface area contributed by atoms with E-state index in [0.29, 0.717) is 18.8 Å². The number of likely N-dealkylation sites (N-methyl/N-ethyl adjacent to an activating group) is 1. The maximum absolute atomic E-state index is 12.5. The SMILES string of the molecule is CCN(CC)C(CC)(CC)C(=O)CCCOC. The van der Waals surface area contributed by atoms with Gasteiger partial charge in [0.2, 0.25) is 0 Å². The molecule has 0 aromatic heterocycles.